The molecular weight excluding hydrogens is 399 g/mol. The molecule has 0 saturated heterocycles. The zero-order valence-corrected chi connectivity index (χ0v) is 18.5. The molecule has 4 rings (SSSR count). The van der Waals surface area contributed by atoms with E-state index in [1.54, 1.807) is 12.1 Å². The number of benzene rings is 1. The van der Waals surface area contributed by atoms with E-state index in [2.05, 4.69) is 14.8 Å². The molecule has 2 heterocycles. The first kappa shape index (κ1) is 20.8. The Balaban J connectivity index is 1.63. The quantitative estimate of drug-likeness (QED) is 0.385. The van der Waals surface area contributed by atoms with Gasteiger partial charge >= 0.3 is 0 Å². The molecule has 0 N–H and O–H groups in total. The highest BCUT2D eigenvalue weighted by molar-refractivity contribution is 7.99. The van der Waals surface area contributed by atoms with Crippen LogP contribution in [0, 0.1) is 19.7 Å². The Hall–Kier alpha value is -2.41. The second-order valence-corrected chi connectivity index (χ2v) is 8.95. The first-order valence-corrected chi connectivity index (χ1v) is 11.4. The lowest BCUT2D eigenvalue weighted by Crippen LogP contribution is -2.16. The first-order valence-electron chi connectivity index (χ1n) is 10.5. The summed E-state index contributed by atoms with van der Waals surface area (Å²) in [5.74, 6) is 0.616. The molecule has 0 unspecified atom stereocenters. The predicted molar refractivity (Wildman–Crippen MR) is 117 cm³/mol. The summed E-state index contributed by atoms with van der Waals surface area (Å²) in [4.78, 5) is 12.9. The van der Waals surface area contributed by atoms with Crippen LogP contribution < -0.4 is 0 Å². The van der Waals surface area contributed by atoms with Gasteiger partial charge < -0.3 is 4.57 Å². The standard InChI is InChI=1S/C23H27FN4OS/c1-15-13-19(16(2)27(15)3)21(29)14-30-23-26-25-22(18-11-7-8-12-20(18)24)28(23)17-9-5-4-6-10-17/h7-8,11-13,17H,4-6,9-10,14H2,1-3H3. The Morgan fingerprint density at radius 1 is 1.17 bits per heavy atom. The van der Waals surface area contributed by atoms with Crippen molar-refractivity contribution < 1.29 is 9.18 Å². The molecule has 2 aromatic heterocycles. The van der Waals surface area contributed by atoms with Gasteiger partial charge in [0.2, 0.25) is 0 Å². The highest BCUT2D eigenvalue weighted by Crippen LogP contribution is 2.36. The minimum Gasteiger partial charge on any atom is -0.351 e. The minimum absolute atomic E-state index is 0.0758. The average Bonchev–Trinajstić information content (AvgIpc) is 3.29. The van der Waals surface area contributed by atoms with Crippen LogP contribution in [0.25, 0.3) is 11.4 Å². The lowest BCUT2D eigenvalue weighted by atomic mass is 9.95. The van der Waals surface area contributed by atoms with E-state index >= 15 is 0 Å². The summed E-state index contributed by atoms with van der Waals surface area (Å²) in [6.07, 6.45) is 5.56. The van der Waals surface area contributed by atoms with E-state index in [4.69, 9.17) is 0 Å². The lowest BCUT2D eigenvalue weighted by molar-refractivity contribution is 0.102. The van der Waals surface area contributed by atoms with Crippen LogP contribution in [0.4, 0.5) is 4.39 Å². The first-order chi connectivity index (χ1) is 14.5. The molecule has 0 spiro atoms. The summed E-state index contributed by atoms with van der Waals surface area (Å²) in [6.45, 7) is 3.96. The van der Waals surface area contributed by atoms with Gasteiger partial charge in [0.15, 0.2) is 16.8 Å². The number of Topliss-reactive ketones (excluding diaryl/α,β-unsaturated/α-hetero) is 1. The van der Waals surface area contributed by atoms with E-state index in [0.717, 1.165) is 42.6 Å². The fourth-order valence-corrected chi connectivity index (χ4v) is 5.10. The molecule has 1 aliphatic rings. The van der Waals surface area contributed by atoms with Gasteiger partial charge in [0.25, 0.3) is 0 Å². The molecule has 30 heavy (non-hydrogen) atoms. The number of hydrogen-bond acceptors (Lipinski definition) is 4. The topological polar surface area (TPSA) is 52.7 Å². The van der Waals surface area contributed by atoms with Crippen LogP contribution in [-0.4, -0.2) is 30.9 Å². The molecule has 0 radical (unpaired) electrons. The number of rotatable bonds is 6. The van der Waals surface area contributed by atoms with Crippen LogP contribution in [0.5, 0.6) is 0 Å². The molecule has 3 aromatic rings. The normalized spacial score (nSPS) is 14.9. The number of thioether (sulfide) groups is 1. The summed E-state index contributed by atoms with van der Waals surface area (Å²) in [5.41, 5.74) is 3.25. The summed E-state index contributed by atoms with van der Waals surface area (Å²) in [7, 11) is 1.97. The van der Waals surface area contributed by atoms with Crippen molar-refractivity contribution in [2.75, 3.05) is 5.75 Å². The van der Waals surface area contributed by atoms with E-state index in [9.17, 15) is 9.18 Å². The molecule has 0 amide bonds. The number of aryl methyl sites for hydroxylation is 1. The van der Waals surface area contributed by atoms with Crippen LogP contribution in [0.15, 0.2) is 35.5 Å². The van der Waals surface area contributed by atoms with E-state index in [-0.39, 0.29) is 23.4 Å². The molecule has 1 saturated carbocycles. The summed E-state index contributed by atoms with van der Waals surface area (Å²) >= 11 is 1.40. The Bertz CT molecular complexity index is 1070. The van der Waals surface area contributed by atoms with Crippen LogP contribution in [0.2, 0.25) is 0 Å². The lowest BCUT2D eigenvalue weighted by Gasteiger charge is -2.25. The SMILES string of the molecule is Cc1cc(C(=O)CSc2nnc(-c3ccccc3F)n2C2CCCCC2)c(C)n1C. The number of carbonyl (C=O) groups is 1. The summed E-state index contributed by atoms with van der Waals surface area (Å²) in [5, 5.41) is 9.41. The number of ketones is 1. The Morgan fingerprint density at radius 3 is 2.57 bits per heavy atom. The monoisotopic (exact) mass is 426 g/mol. The predicted octanol–water partition coefficient (Wildman–Crippen LogP) is 5.52. The zero-order chi connectivity index (χ0) is 21.3. The molecule has 1 aliphatic carbocycles. The molecule has 158 valence electrons. The second kappa shape index (κ2) is 8.76. The second-order valence-electron chi connectivity index (χ2n) is 8.00. The van der Waals surface area contributed by atoms with Crippen molar-refractivity contribution in [3.05, 3.63) is 53.1 Å². The van der Waals surface area contributed by atoms with Crippen molar-refractivity contribution in [2.45, 2.75) is 57.1 Å². The third kappa shape index (κ3) is 3.95. The molecular formula is C23H27FN4OS. The van der Waals surface area contributed by atoms with Crippen molar-refractivity contribution in [1.82, 2.24) is 19.3 Å². The van der Waals surface area contributed by atoms with Crippen molar-refractivity contribution in [2.24, 2.45) is 7.05 Å². The van der Waals surface area contributed by atoms with Gasteiger partial charge in [-0.3, -0.25) is 9.36 Å². The highest BCUT2D eigenvalue weighted by atomic mass is 32.2. The summed E-state index contributed by atoms with van der Waals surface area (Å²) in [6, 6.07) is 8.87. The van der Waals surface area contributed by atoms with E-state index in [0.29, 0.717) is 16.5 Å². The minimum atomic E-state index is -0.301. The Kier molecular flexibility index (Phi) is 6.09. The Labute approximate surface area is 180 Å². The number of nitrogens with zero attached hydrogens (tertiary/aromatic N) is 4. The number of carbonyl (C=O) groups excluding carboxylic acids is 1. The maximum absolute atomic E-state index is 14.5. The molecule has 1 fully saturated rings. The molecule has 7 heteroatoms. The van der Waals surface area contributed by atoms with Crippen molar-refractivity contribution in [3.63, 3.8) is 0 Å². The van der Waals surface area contributed by atoms with Crippen molar-refractivity contribution in [3.8, 4) is 11.4 Å². The van der Waals surface area contributed by atoms with Gasteiger partial charge in [-0.15, -0.1) is 10.2 Å². The van der Waals surface area contributed by atoms with E-state index in [1.807, 2.05) is 37.6 Å². The smallest absolute Gasteiger partial charge is 0.192 e. The zero-order valence-electron chi connectivity index (χ0n) is 17.7. The van der Waals surface area contributed by atoms with Crippen LogP contribution in [0.1, 0.15) is 59.9 Å². The van der Waals surface area contributed by atoms with Crippen LogP contribution >= 0.6 is 11.8 Å². The highest BCUT2D eigenvalue weighted by Gasteiger charge is 2.26. The number of halogens is 1. The third-order valence-corrected chi connectivity index (χ3v) is 7.07. The number of aromatic nitrogens is 4. The summed E-state index contributed by atoms with van der Waals surface area (Å²) < 4.78 is 18.6. The van der Waals surface area contributed by atoms with Gasteiger partial charge in [-0.05, 0) is 44.9 Å². The maximum Gasteiger partial charge on any atom is 0.192 e. The van der Waals surface area contributed by atoms with E-state index in [1.165, 1.54) is 24.2 Å². The van der Waals surface area contributed by atoms with Crippen LogP contribution in [0.3, 0.4) is 0 Å². The van der Waals surface area contributed by atoms with Gasteiger partial charge in [-0.2, -0.15) is 0 Å². The van der Waals surface area contributed by atoms with Gasteiger partial charge in [-0.1, -0.05) is 43.2 Å². The third-order valence-electron chi connectivity index (χ3n) is 6.13. The largest absolute Gasteiger partial charge is 0.351 e. The molecule has 1 aromatic carbocycles. The molecule has 0 atom stereocenters. The molecule has 0 bridgehead atoms. The van der Waals surface area contributed by atoms with Gasteiger partial charge in [0.1, 0.15) is 5.82 Å². The fraction of sp³-hybridized carbons (Fsp3) is 0.435. The van der Waals surface area contributed by atoms with E-state index < -0.39 is 0 Å². The molecule has 0 aliphatic heterocycles. The van der Waals surface area contributed by atoms with Gasteiger partial charge in [0.05, 0.1) is 11.3 Å². The number of hydrogen-bond donors (Lipinski definition) is 0. The maximum atomic E-state index is 14.5. The fourth-order valence-electron chi connectivity index (χ4n) is 4.22. The molecule has 5 nitrogen and oxygen atoms in total. The van der Waals surface area contributed by atoms with Crippen molar-refractivity contribution >= 4 is 17.5 Å². The average molecular weight is 427 g/mol. The Morgan fingerprint density at radius 2 is 1.90 bits per heavy atom. The van der Waals surface area contributed by atoms with Crippen molar-refractivity contribution in [1.29, 1.82) is 0 Å². The van der Waals surface area contributed by atoms with Crippen LogP contribution in [-0.2, 0) is 7.05 Å². The van der Waals surface area contributed by atoms with Gasteiger partial charge in [-0.25, -0.2) is 4.39 Å². The van der Waals surface area contributed by atoms with Gasteiger partial charge in [0, 0.05) is 30.0 Å².